The molecule has 0 aliphatic carbocycles. The number of nitrogens with zero attached hydrogens (tertiary/aromatic N) is 2. The van der Waals surface area contributed by atoms with Crippen molar-refractivity contribution in [3.05, 3.63) is 24.3 Å². The molecule has 1 aliphatic heterocycles. The fraction of sp³-hybridized carbons (Fsp3) is 0.786. The molecule has 0 radical (unpaired) electrons. The molecule has 2 rings (SSSR count). The molecular formula is C28H50N2O3. The van der Waals surface area contributed by atoms with E-state index in [9.17, 15) is 0 Å². The zero-order valence-electron chi connectivity index (χ0n) is 21.9. The molecule has 2 unspecified atom stereocenters. The van der Waals surface area contributed by atoms with Gasteiger partial charge in [0.05, 0.1) is 13.2 Å². The van der Waals surface area contributed by atoms with Crippen LogP contribution >= 0.6 is 0 Å². The van der Waals surface area contributed by atoms with Crippen LogP contribution in [0.4, 0.5) is 0 Å². The second kappa shape index (κ2) is 17.2. The maximum Gasteiger partial charge on any atom is 0.163 e. The summed E-state index contributed by atoms with van der Waals surface area (Å²) < 4.78 is 19.1. The summed E-state index contributed by atoms with van der Waals surface area (Å²) in [7, 11) is 4.34. The van der Waals surface area contributed by atoms with Crippen LogP contribution in [0.2, 0.25) is 0 Å². The number of hydrogen-bond acceptors (Lipinski definition) is 5. The van der Waals surface area contributed by atoms with E-state index in [0.717, 1.165) is 37.4 Å². The summed E-state index contributed by atoms with van der Waals surface area (Å²) in [5, 5.41) is 0. The van der Waals surface area contributed by atoms with Crippen LogP contribution in [-0.2, 0) is 4.74 Å². The van der Waals surface area contributed by atoms with Crippen LogP contribution in [0.3, 0.4) is 0 Å². The highest BCUT2D eigenvalue weighted by Crippen LogP contribution is 2.31. The van der Waals surface area contributed by atoms with E-state index in [1.54, 1.807) is 0 Å². The largest absolute Gasteiger partial charge is 0.471 e. The van der Waals surface area contributed by atoms with Gasteiger partial charge in [0, 0.05) is 25.9 Å². The van der Waals surface area contributed by atoms with Gasteiger partial charge in [-0.15, -0.1) is 0 Å². The molecule has 1 heterocycles. The van der Waals surface area contributed by atoms with Crippen LogP contribution in [-0.4, -0.2) is 62.7 Å². The molecule has 0 N–H and O–H groups in total. The molecule has 0 saturated heterocycles. The zero-order chi connectivity index (χ0) is 23.7. The predicted octanol–water partition coefficient (Wildman–Crippen LogP) is 6.71. The zero-order valence-corrected chi connectivity index (χ0v) is 21.9. The van der Waals surface area contributed by atoms with E-state index in [-0.39, 0.29) is 12.5 Å². The molecule has 1 aromatic carbocycles. The minimum Gasteiger partial charge on any atom is -0.471 e. The van der Waals surface area contributed by atoms with E-state index in [2.05, 4.69) is 37.7 Å². The fourth-order valence-electron chi connectivity index (χ4n) is 4.36. The Morgan fingerprint density at radius 3 is 1.52 bits per heavy atom. The molecule has 5 nitrogen and oxygen atoms in total. The second-order valence-corrected chi connectivity index (χ2v) is 9.57. The molecule has 0 aromatic heterocycles. The van der Waals surface area contributed by atoms with Gasteiger partial charge < -0.3 is 14.2 Å². The van der Waals surface area contributed by atoms with Gasteiger partial charge >= 0.3 is 0 Å². The predicted molar refractivity (Wildman–Crippen MR) is 138 cm³/mol. The average Bonchev–Trinajstić information content (AvgIpc) is 2.86. The van der Waals surface area contributed by atoms with Gasteiger partial charge in [0.2, 0.25) is 0 Å². The Morgan fingerprint density at radius 2 is 1.09 bits per heavy atom. The summed E-state index contributed by atoms with van der Waals surface area (Å²) in [4.78, 5) is 4.67. The molecule has 0 saturated carbocycles. The van der Waals surface area contributed by atoms with E-state index in [4.69, 9.17) is 14.2 Å². The molecular weight excluding hydrogens is 412 g/mol. The topological polar surface area (TPSA) is 34.2 Å². The van der Waals surface area contributed by atoms with Gasteiger partial charge in [-0.3, -0.25) is 9.80 Å². The molecule has 33 heavy (non-hydrogen) atoms. The van der Waals surface area contributed by atoms with E-state index in [1.807, 2.05) is 24.3 Å². The molecule has 0 fully saturated rings. The normalized spacial score (nSPS) is 19.6. The van der Waals surface area contributed by atoms with Crippen LogP contribution in [0, 0.1) is 0 Å². The molecule has 190 valence electrons. The number of hydrogen-bond donors (Lipinski definition) is 0. The lowest BCUT2D eigenvalue weighted by atomic mass is 10.1. The van der Waals surface area contributed by atoms with E-state index in [0.29, 0.717) is 13.2 Å². The van der Waals surface area contributed by atoms with Crippen LogP contribution in [0.5, 0.6) is 11.5 Å². The first-order valence-electron chi connectivity index (χ1n) is 13.6. The number of unbranched alkanes of at least 4 members (excludes halogenated alkanes) is 8. The van der Waals surface area contributed by atoms with Crippen LogP contribution in [0.1, 0.15) is 90.9 Å². The van der Waals surface area contributed by atoms with Crippen molar-refractivity contribution in [1.82, 2.24) is 9.80 Å². The Morgan fingerprint density at radius 1 is 0.667 bits per heavy atom. The van der Waals surface area contributed by atoms with Gasteiger partial charge in [-0.2, -0.15) is 0 Å². The monoisotopic (exact) mass is 462 g/mol. The molecule has 5 heteroatoms. The van der Waals surface area contributed by atoms with Crippen LogP contribution < -0.4 is 9.47 Å². The molecule has 0 amide bonds. The summed E-state index contributed by atoms with van der Waals surface area (Å²) in [6.07, 6.45) is 14.6. The van der Waals surface area contributed by atoms with Crippen molar-refractivity contribution in [2.24, 2.45) is 0 Å². The van der Waals surface area contributed by atoms with Crippen LogP contribution in [0.15, 0.2) is 24.3 Å². The molecule has 1 aromatic rings. The number of fused-ring (bicyclic) bond motifs is 1. The Bertz CT molecular complexity index is 562. The smallest absolute Gasteiger partial charge is 0.163 e. The van der Waals surface area contributed by atoms with Gasteiger partial charge in [-0.1, -0.05) is 77.3 Å². The quantitative estimate of drug-likeness (QED) is 0.287. The van der Waals surface area contributed by atoms with Crippen molar-refractivity contribution >= 4 is 0 Å². The number of para-hydroxylation sites is 2. The third-order valence-corrected chi connectivity index (χ3v) is 6.61. The Hall–Kier alpha value is -1.30. The first kappa shape index (κ1) is 27.9. The summed E-state index contributed by atoms with van der Waals surface area (Å²) in [5.74, 6) is 1.67. The SMILES string of the molecule is CCCCCCCN(C)C1CCOCCC(N(C)CCCCCCC)Oc2ccccc2O1. The first-order chi connectivity index (χ1) is 16.2. The number of ether oxygens (including phenoxy) is 3. The van der Waals surface area contributed by atoms with E-state index < -0.39 is 0 Å². The highest BCUT2D eigenvalue weighted by Gasteiger charge is 2.23. The lowest BCUT2D eigenvalue weighted by Gasteiger charge is -2.30. The van der Waals surface area contributed by atoms with Gasteiger partial charge in [-0.05, 0) is 39.1 Å². The fourth-order valence-corrected chi connectivity index (χ4v) is 4.36. The van der Waals surface area contributed by atoms with Crippen molar-refractivity contribution in [2.45, 2.75) is 103 Å². The molecule has 1 aliphatic rings. The third-order valence-electron chi connectivity index (χ3n) is 6.61. The highest BCUT2D eigenvalue weighted by atomic mass is 16.6. The Kier molecular flexibility index (Phi) is 14.5. The minimum atomic E-state index is -0.00577. The summed E-state index contributed by atoms with van der Waals surface area (Å²) in [6, 6.07) is 8.15. The average molecular weight is 463 g/mol. The van der Waals surface area contributed by atoms with Gasteiger partial charge in [-0.25, -0.2) is 0 Å². The van der Waals surface area contributed by atoms with Gasteiger partial charge in [0.15, 0.2) is 24.0 Å². The van der Waals surface area contributed by atoms with Gasteiger partial charge in [0.25, 0.3) is 0 Å². The number of benzene rings is 1. The third kappa shape index (κ3) is 11.1. The van der Waals surface area contributed by atoms with Crippen molar-refractivity contribution in [1.29, 1.82) is 0 Å². The molecule has 0 spiro atoms. The summed E-state index contributed by atoms with van der Waals surface area (Å²) >= 11 is 0. The highest BCUT2D eigenvalue weighted by molar-refractivity contribution is 5.39. The second-order valence-electron chi connectivity index (χ2n) is 9.57. The maximum absolute atomic E-state index is 6.52. The first-order valence-corrected chi connectivity index (χ1v) is 13.6. The van der Waals surface area contributed by atoms with Gasteiger partial charge in [0.1, 0.15) is 0 Å². The van der Waals surface area contributed by atoms with E-state index >= 15 is 0 Å². The van der Waals surface area contributed by atoms with Crippen molar-refractivity contribution < 1.29 is 14.2 Å². The maximum atomic E-state index is 6.52. The molecule has 0 bridgehead atoms. The summed E-state index contributed by atoms with van der Waals surface area (Å²) in [6.45, 7) is 8.03. The molecule has 2 atom stereocenters. The van der Waals surface area contributed by atoms with Crippen molar-refractivity contribution in [3.8, 4) is 11.5 Å². The van der Waals surface area contributed by atoms with Crippen molar-refractivity contribution in [3.63, 3.8) is 0 Å². The standard InChI is InChI=1S/C28H50N2O3/c1-5-7-9-11-15-21-29(3)27-19-23-31-24-20-28(30(4)22-16-12-10-8-6-2)33-26-18-14-13-17-25(26)32-27/h13-14,17-18,27-28H,5-12,15-16,19-24H2,1-4H3. The van der Waals surface area contributed by atoms with E-state index in [1.165, 1.54) is 64.2 Å². The lowest BCUT2D eigenvalue weighted by molar-refractivity contribution is 0.00222. The Labute approximate surface area is 203 Å². The van der Waals surface area contributed by atoms with Crippen molar-refractivity contribution in [2.75, 3.05) is 40.4 Å². The Balaban J connectivity index is 1.98. The summed E-state index contributed by atoms with van der Waals surface area (Å²) in [5.41, 5.74) is 0. The minimum absolute atomic E-state index is 0.00577. The lowest BCUT2D eigenvalue weighted by Crippen LogP contribution is -2.38. The van der Waals surface area contributed by atoms with Crippen LogP contribution in [0.25, 0.3) is 0 Å². The number of rotatable bonds is 14.